The van der Waals surface area contributed by atoms with Gasteiger partial charge in [0, 0.05) is 23.2 Å². The molecule has 1 heterocycles. The maximum atomic E-state index is 6.34. The van der Waals surface area contributed by atoms with Crippen molar-refractivity contribution in [3.05, 3.63) is 58.1 Å². The third kappa shape index (κ3) is 5.29. The Labute approximate surface area is 182 Å². The highest BCUT2D eigenvalue weighted by atomic mass is 35.5. The lowest BCUT2D eigenvalue weighted by atomic mass is 10.0. The Balaban J connectivity index is 1.83. The summed E-state index contributed by atoms with van der Waals surface area (Å²) in [6.07, 6.45) is 2.11. The molecule has 28 heavy (non-hydrogen) atoms. The van der Waals surface area contributed by atoms with Gasteiger partial charge in [0.15, 0.2) is 5.11 Å². The lowest BCUT2D eigenvalue weighted by Gasteiger charge is -2.39. The van der Waals surface area contributed by atoms with Gasteiger partial charge in [0.1, 0.15) is 5.75 Å². The number of halogens is 2. The molecule has 1 aliphatic heterocycles. The van der Waals surface area contributed by atoms with E-state index in [1.165, 1.54) is 0 Å². The van der Waals surface area contributed by atoms with Crippen molar-refractivity contribution in [3.63, 3.8) is 0 Å². The van der Waals surface area contributed by atoms with E-state index < -0.39 is 0 Å². The molecule has 0 atom stereocenters. The van der Waals surface area contributed by atoms with Gasteiger partial charge in [0.05, 0.1) is 17.8 Å². The number of para-hydroxylation sites is 1. The molecule has 7 heteroatoms. The molecular formula is C21H25Cl2N3OS. The van der Waals surface area contributed by atoms with E-state index in [1.807, 2.05) is 24.3 Å². The molecule has 2 aromatic rings. The highest BCUT2D eigenvalue weighted by Gasteiger charge is 2.26. The lowest BCUT2D eigenvalue weighted by Crippen LogP contribution is -2.47. The molecule has 2 aromatic carbocycles. The number of nitrogens with one attached hydrogen (secondary N) is 1. The van der Waals surface area contributed by atoms with Crippen molar-refractivity contribution >= 4 is 46.2 Å². The Morgan fingerprint density at radius 3 is 2.61 bits per heavy atom. The second-order valence-electron chi connectivity index (χ2n) is 7.03. The van der Waals surface area contributed by atoms with Crippen LogP contribution in [0.25, 0.3) is 0 Å². The second kappa shape index (κ2) is 9.79. The number of anilines is 1. The average Bonchev–Trinajstić information content (AvgIpc) is 2.69. The van der Waals surface area contributed by atoms with E-state index in [-0.39, 0.29) is 0 Å². The molecule has 1 aliphatic rings. The molecule has 0 bridgehead atoms. The van der Waals surface area contributed by atoms with Gasteiger partial charge >= 0.3 is 0 Å². The quantitative estimate of drug-likeness (QED) is 0.640. The van der Waals surface area contributed by atoms with Crippen molar-refractivity contribution in [1.82, 2.24) is 9.80 Å². The summed E-state index contributed by atoms with van der Waals surface area (Å²) in [5.41, 5.74) is 1.87. The fourth-order valence-corrected chi connectivity index (χ4v) is 4.25. The highest BCUT2D eigenvalue weighted by molar-refractivity contribution is 7.80. The third-order valence-electron chi connectivity index (χ3n) is 5.10. The largest absolute Gasteiger partial charge is 0.496 e. The van der Waals surface area contributed by atoms with Crippen LogP contribution in [0.2, 0.25) is 10.0 Å². The van der Waals surface area contributed by atoms with Crippen LogP contribution >= 0.6 is 35.4 Å². The number of rotatable bonds is 5. The number of hydrogen-bond donors (Lipinski definition) is 1. The van der Waals surface area contributed by atoms with Gasteiger partial charge in [-0.3, -0.25) is 0 Å². The Morgan fingerprint density at radius 1 is 1.21 bits per heavy atom. The molecule has 1 fully saturated rings. The van der Waals surface area contributed by atoms with E-state index in [9.17, 15) is 0 Å². The molecule has 1 N–H and O–H groups in total. The normalized spacial score (nSPS) is 15.3. The van der Waals surface area contributed by atoms with Gasteiger partial charge in [-0.25, -0.2) is 0 Å². The van der Waals surface area contributed by atoms with Gasteiger partial charge in [-0.15, -0.1) is 0 Å². The van der Waals surface area contributed by atoms with Gasteiger partial charge in [0.25, 0.3) is 0 Å². The molecule has 150 valence electrons. The van der Waals surface area contributed by atoms with Crippen molar-refractivity contribution in [2.24, 2.45) is 0 Å². The number of nitrogens with zero attached hydrogens (tertiary/aromatic N) is 2. The maximum Gasteiger partial charge on any atom is 0.174 e. The minimum absolute atomic E-state index is 0.354. The predicted octanol–water partition coefficient (Wildman–Crippen LogP) is 5.30. The van der Waals surface area contributed by atoms with Crippen molar-refractivity contribution in [1.29, 1.82) is 0 Å². The summed E-state index contributed by atoms with van der Waals surface area (Å²) >= 11 is 18.2. The van der Waals surface area contributed by atoms with Crippen LogP contribution in [0.15, 0.2) is 42.5 Å². The second-order valence-corrected chi connectivity index (χ2v) is 8.26. The van der Waals surface area contributed by atoms with Gasteiger partial charge in [0.2, 0.25) is 0 Å². The van der Waals surface area contributed by atoms with Crippen molar-refractivity contribution in [3.8, 4) is 5.75 Å². The first kappa shape index (κ1) is 21.2. The zero-order valence-corrected chi connectivity index (χ0v) is 18.4. The Hall–Kier alpha value is -1.53. The van der Waals surface area contributed by atoms with E-state index in [0.717, 1.165) is 42.9 Å². The molecular weight excluding hydrogens is 413 g/mol. The fraction of sp³-hybridized carbons (Fsp3) is 0.381. The van der Waals surface area contributed by atoms with Crippen molar-refractivity contribution in [2.45, 2.75) is 25.4 Å². The van der Waals surface area contributed by atoms with Gasteiger partial charge in [-0.2, -0.15) is 0 Å². The summed E-state index contributed by atoms with van der Waals surface area (Å²) in [5.74, 6) is 0.868. The average molecular weight is 438 g/mol. The summed E-state index contributed by atoms with van der Waals surface area (Å²) < 4.78 is 5.55. The van der Waals surface area contributed by atoms with Crippen LogP contribution in [0.1, 0.15) is 18.4 Å². The van der Waals surface area contributed by atoms with E-state index in [2.05, 4.69) is 28.2 Å². The van der Waals surface area contributed by atoms with Gasteiger partial charge in [-0.1, -0.05) is 41.4 Å². The summed E-state index contributed by atoms with van der Waals surface area (Å²) in [6.45, 7) is 2.78. The maximum absolute atomic E-state index is 6.34. The number of ether oxygens (including phenoxy) is 1. The molecule has 0 amide bonds. The van der Waals surface area contributed by atoms with Crippen LogP contribution in [0.4, 0.5) is 5.69 Å². The Bertz CT molecular complexity index is 825. The summed E-state index contributed by atoms with van der Waals surface area (Å²) in [4.78, 5) is 4.61. The van der Waals surface area contributed by atoms with Crippen LogP contribution in [0.5, 0.6) is 5.75 Å². The van der Waals surface area contributed by atoms with Crippen molar-refractivity contribution in [2.75, 3.05) is 32.6 Å². The molecule has 3 rings (SSSR count). The van der Waals surface area contributed by atoms with Gasteiger partial charge < -0.3 is 19.9 Å². The first-order valence-electron chi connectivity index (χ1n) is 9.31. The summed E-state index contributed by atoms with van der Waals surface area (Å²) in [6, 6.07) is 13.8. The van der Waals surface area contributed by atoms with Crippen LogP contribution < -0.4 is 10.1 Å². The van der Waals surface area contributed by atoms with E-state index in [0.29, 0.717) is 27.7 Å². The van der Waals surface area contributed by atoms with E-state index >= 15 is 0 Å². The third-order valence-corrected chi connectivity index (χ3v) is 5.98. The van der Waals surface area contributed by atoms with Crippen LogP contribution in [-0.4, -0.2) is 48.2 Å². The number of piperidine rings is 1. The summed E-state index contributed by atoms with van der Waals surface area (Å²) in [7, 11) is 3.85. The minimum Gasteiger partial charge on any atom is -0.496 e. The molecule has 0 unspecified atom stereocenters. The number of likely N-dealkylation sites (tertiary alicyclic amines) is 1. The minimum atomic E-state index is 0.354. The molecule has 1 saturated heterocycles. The molecule has 0 radical (unpaired) electrons. The predicted molar refractivity (Wildman–Crippen MR) is 122 cm³/mol. The summed E-state index contributed by atoms with van der Waals surface area (Å²) in [5, 5.41) is 5.12. The number of methoxy groups -OCH3 is 1. The van der Waals surface area contributed by atoms with Crippen LogP contribution in [0, 0.1) is 0 Å². The smallest absolute Gasteiger partial charge is 0.174 e. The standard InChI is InChI=1S/C21H25Cl2N3OS/c1-25-11-9-17(10-12-25)26(14-15-5-3-4-6-20(15)27-2)21(28)24-19-8-7-16(22)13-18(19)23/h3-8,13,17H,9-12,14H2,1-2H3,(H,24,28). The van der Waals surface area contributed by atoms with Crippen LogP contribution in [-0.2, 0) is 6.54 Å². The van der Waals surface area contributed by atoms with E-state index in [4.69, 9.17) is 40.2 Å². The topological polar surface area (TPSA) is 27.7 Å². The molecule has 0 aromatic heterocycles. The molecule has 4 nitrogen and oxygen atoms in total. The number of hydrogen-bond acceptors (Lipinski definition) is 3. The SMILES string of the molecule is COc1ccccc1CN(C(=S)Nc1ccc(Cl)cc1Cl)C1CCN(C)CC1. The zero-order valence-electron chi connectivity index (χ0n) is 16.1. The fourth-order valence-electron chi connectivity index (χ4n) is 3.47. The zero-order chi connectivity index (χ0) is 20.1. The van der Waals surface area contributed by atoms with Crippen molar-refractivity contribution < 1.29 is 4.74 Å². The molecule has 0 aliphatic carbocycles. The van der Waals surface area contributed by atoms with E-state index in [1.54, 1.807) is 19.2 Å². The lowest BCUT2D eigenvalue weighted by molar-refractivity contribution is 0.173. The first-order chi connectivity index (χ1) is 13.5. The van der Waals surface area contributed by atoms with Gasteiger partial charge in [-0.05, 0) is 69.5 Å². The Morgan fingerprint density at radius 2 is 1.93 bits per heavy atom. The Kier molecular flexibility index (Phi) is 7.41. The van der Waals surface area contributed by atoms with Crippen LogP contribution in [0.3, 0.4) is 0 Å². The number of thiocarbonyl (C=S) groups is 1. The molecule has 0 spiro atoms. The first-order valence-corrected chi connectivity index (χ1v) is 10.5. The molecule has 0 saturated carbocycles. The monoisotopic (exact) mass is 437 g/mol. The number of benzene rings is 2. The highest BCUT2D eigenvalue weighted by Crippen LogP contribution is 2.28.